The molecule has 1 aromatic rings. The van der Waals surface area contributed by atoms with Gasteiger partial charge in [-0.3, -0.25) is 4.90 Å². The SMILES string of the molecule is CCCCN(C)C(=O)OC1CCc2cc(C3CCC4(COC(C)(C)N4C(=O)OC(C)(C)C)C3)ccc2C1. The van der Waals surface area contributed by atoms with Crippen LogP contribution in [0.4, 0.5) is 9.59 Å². The third-order valence-electron chi connectivity index (χ3n) is 8.18. The highest BCUT2D eigenvalue weighted by Gasteiger charge is 2.58. The van der Waals surface area contributed by atoms with E-state index < -0.39 is 11.3 Å². The van der Waals surface area contributed by atoms with Crippen molar-refractivity contribution < 1.29 is 23.8 Å². The fourth-order valence-corrected chi connectivity index (χ4v) is 6.27. The molecule has 2 amide bonds. The van der Waals surface area contributed by atoms with Gasteiger partial charge in [-0.2, -0.15) is 0 Å². The number of aryl methyl sites for hydroxylation is 1. The Morgan fingerprint density at radius 2 is 1.95 bits per heavy atom. The maximum atomic E-state index is 13.3. The molecule has 2 aliphatic carbocycles. The van der Waals surface area contributed by atoms with Crippen molar-refractivity contribution >= 4 is 12.2 Å². The number of hydrogen-bond acceptors (Lipinski definition) is 5. The van der Waals surface area contributed by atoms with E-state index in [4.69, 9.17) is 14.2 Å². The van der Waals surface area contributed by atoms with Crippen molar-refractivity contribution in [1.29, 1.82) is 0 Å². The standard InChI is InChI=1S/C30H46N2O5/c1-8-9-16-31(7)26(33)36-25-13-12-21-17-22(10-11-23(21)18-25)24-14-15-30(19-24)20-35-29(5,6)32(30)27(34)37-28(2,3)4/h10-11,17,24-25H,8-9,12-16,18-20H2,1-7H3. The molecule has 3 unspecified atom stereocenters. The zero-order valence-electron chi connectivity index (χ0n) is 23.9. The minimum atomic E-state index is -0.690. The van der Waals surface area contributed by atoms with Gasteiger partial charge in [0.1, 0.15) is 17.4 Å². The lowest BCUT2D eigenvalue weighted by Crippen LogP contribution is -2.55. The van der Waals surface area contributed by atoms with E-state index in [1.165, 1.54) is 16.7 Å². The lowest BCUT2D eigenvalue weighted by Gasteiger charge is -2.40. The highest BCUT2D eigenvalue weighted by Crippen LogP contribution is 2.51. The average Bonchev–Trinajstić information content (AvgIpc) is 3.35. The van der Waals surface area contributed by atoms with Crippen LogP contribution in [0.3, 0.4) is 0 Å². The molecule has 1 aromatic carbocycles. The molecule has 37 heavy (non-hydrogen) atoms. The van der Waals surface area contributed by atoms with Crippen molar-refractivity contribution in [2.75, 3.05) is 20.2 Å². The molecule has 3 atom stereocenters. The molecule has 4 rings (SSSR count). The van der Waals surface area contributed by atoms with Crippen LogP contribution in [0.2, 0.25) is 0 Å². The second-order valence-electron chi connectivity index (χ2n) is 12.8. The summed E-state index contributed by atoms with van der Waals surface area (Å²) < 4.78 is 17.8. The monoisotopic (exact) mass is 514 g/mol. The van der Waals surface area contributed by atoms with Gasteiger partial charge in [-0.1, -0.05) is 31.5 Å². The molecule has 206 valence electrons. The lowest BCUT2D eigenvalue weighted by molar-refractivity contribution is -0.0688. The van der Waals surface area contributed by atoms with Crippen LogP contribution in [0, 0.1) is 0 Å². The summed E-state index contributed by atoms with van der Waals surface area (Å²) in [5, 5.41) is 0. The molecular formula is C30H46N2O5. The molecule has 7 heteroatoms. The average molecular weight is 515 g/mol. The molecule has 0 N–H and O–H groups in total. The van der Waals surface area contributed by atoms with Crippen molar-refractivity contribution in [1.82, 2.24) is 9.80 Å². The van der Waals surface area contributed by atoms with Crippen molar-refractivity contribution in [3.05, 3.63) is 34.9 Å². The number of carbonyl (C=O) groups is 2. The van der Waals surface area contributed by atoms with Gasteiger partial charge in [0.05, 0.1) is 12.1 Å². The number of hydrogen-bond donors (Lipinski definition) is 0. The van der Waals surface area contributed by atoms with E-state index in [0.717, 1.165) is 57.9 Å². The molecular weight excluding hydrogens is 468 g/mol. The number of carbonyl (C=O) groups excluding carboxylic acids is 2. The first kappa shape index (κ1) is 27.7. The van der Waals surface area contributed by atoms with Crippen LogP contribution >= 0.6 is 0 Å². The van der Waals surface area contributed by atoms with Gasteiger partial charge in [0, 0.05) is 20.0 Å². The summed E-state index contributed by atoms with van der Waals surface area (Å²) in [6.45, 7) is 13.0. The molecule has 3 aliphatic rings. The Morgan fingerprint density at radius 3 is 2.65 bits per heavy atom. The zero-order chi connectivity index (χ0) is 27.0. The van der Waals surface area contributed by atoms with Crippen molar-refractivity contribution in [3.8, 4) is 0 Å². The van der Waals surface area contributed by atoms with Crippen LogP contribution in [-0.4, -0.2) is 65.2 Å². The van der Waals surface area contributed by atoms with E-state index in [2.05, 4.69) is 25.1 Å². The van der Waals surface area contributed by atoms with Crippen LogP contribution in [0.1, 0.15) is 103 Å². The maximum absolute atomic E-state index is 13.3. The highest BCUT2D eigenvalue weighted by molar-refractivity contribution is 5.71. The third-order valence-corrected chi connectivity index (χ3v) is 8.18. The first-order valence-electron chi connectivity index (χ1n) is 14.0. The number of nitrogens with zero attached hydrogens (tertiary/aromatic N) is 2. The molecule has 1 saturated carbocycles. The smallest absolute Gasteiger partial charge is 0.413 e. The van der Waals surface area contributed by atoms with E-state index >= 15 is 0 Å². The van der Waals surface area contributed by atoms with Gasteiger partial charge in [-0.05, 0) is 95.8 Å². The summed E-state index contributed by atoms with van der Waals surface area (Å²) in [5.41, 5.74) is 2.39. The van der Waals surface area contributed by atoms with Gasteiger partial charge in [0.2, 0.25) is 0 Å². The third kappa shape index (κ3) is 6.08. The molecule has 7 nitrogen and oxygen atoms in total. The van der Waals surface area contributed by atoms with E-state index in [1.807, 2.05) is 46.6 Å². The van der Waals surface area contributed by atoms with Gasteiger partial charge in [0.25, 0.3) is 0 Å². The van der Waals surface area contributed by atoms with Gasteiger partial charge in [-0.25, -0.2) is 9.59 Å². The lowest BCUT2D eigenvalue weighted by atomic mass is 9.85. The number of benzene rings is 1. The normalized spacial score (nSPS) is 26.7. The Balaban J connectivity index is 1.42. The van der Waals surface area contributed by atoms with E-state index in [1.54, 1.807) is 4.90 Å². The predicted molar refractivity (Wildman–Crippen MR) is 144 cm³/mol. The van der Waals surface area contributed by atoms with Crippen LogP contribution in [-0.2, 0) is 27.1 Å². The van der Waals surface area contributed by atoms with Gasteiger partial charge in [0.15, 0.2) is 0 Å². The van der Waals surface area contributed by atoms with Gasteiger partial charge >= 0.3 is 12.2 Å². The number of ether oxygens (including phenoxy) is 3. The minimum absolute atomic E-state index is 0.0649. The van der Waals surface area contributed by atoms with Gasteiger partial charge in [-0.15, -0.1) is 0 Å². The minimum Gasteiger partial charge on any atom is -0.446 e. The summed E-state index contributed by atoms with van der Waals surface area (Å²) in [7, 11) is 1.82. The number of amides is 2. The molecule has 1 heterocycles. The summed E-state index contributed by atoms with van der Waals surface area (Å²) in [6.07, 6.45) is 6.81. The number of unbranched alkanes of at least 4 members (excludes halogenated alkanes) is 1. The number of fused-ring (bicyclic) bond motifs is 1. The van der Waals surface area contributed by atoms with Crippen molar-refractivity contribution in [2.45, 2.75) is 122 Å². The summed E-state index contributed by atoms with van der Waals surface area (Å²) >= 11 is 0. The Morgan fingerprint density at radius 1 is 1.19 bits per heavy atom. The zero-order valence-corrected chi connectivity index (χ0v) is 23.9. The fraction of sp³-hybridized carbons (Fsp3) is 0.733. The summed E-state index contributed by atoms with van der Waals surface area (Å²) in [6, 6.07) is 6.80. The Labute approximate surface area is 222 Å². The van der Waals surface area contributed by atoms with Crippen LogP contribution in [0.15, 0.2) is 18.2 Å². The van der Waals surface area contributed by atoms with E-state index in [0.29, 0.717) is 12.5 Å². The summed E-state index contributed by atoms with van der Waals surface area (Å²) in [5.74, 6) is 0.371. The van der Waals surface area contributed by atoms with Crippen molar-refractivity contribution in [3.63, 3.8) is 0 Å². The second-order valence-corrected chi connectivity index (χ2v) is 12.8. The van der Waals surface area contributed by atoms with E-state index in [9.17, 15) is 9.59 Å². The largest absolute Gasteiger partial charge is 0.446 e. The fourth-order valence-electron chi connectivity index (χ4n) is 6.27. The number of rotatable bonds is 5. The molecule has 0 bridgehead atoms. The highest BCUT2D eigenvalue weighted by atomic mass is 16.6. The first-order chi connectivity index (χ1) is 17.3. The van der Waals surface area contributed by atoms with Crippen LogP contribution in [0.25, 0.3) is 0 Å². The molecule has 0 aromatic heterocycles. The Bertz CT molecular complexity index is 1000. The van der Waals surface area contributed by atoms with Crippen molar-refractivity contribution in [2.24, 2.45) is 0 Å². The molecule has 2 fully saturated rings. The topological polar surface area (TPSA) is 68.3 Å². The summed E-state index contributed by atoms with van der Waals surface area (Å²) in [4.78, 5) is 29.3. The molecule has 1 spiro atoms. The maximum Gasteiger partial charge on any atom is 0.413 e. The molecule has 0 radical (unpaired) electrons. The second kappa shape index (κ2) is 10.5. The first-order valence-corrected chi connectivity index (χ1v) is 14.0. The van der Waals surface area contributed by atoms with Crippen LogP contribution < -0.4 is 0 Å². The Kier molecular flexibility index (Phi) is 7.85. The Hall–Kier alpha value is -2.28. The predicted octanol–water partition coefficient (Wildman–Crippen LogP) is 6.42. The van der Waals surface area contributed by atoms with Crippen LogP contribution in [0.5, 0.6) is 0 Å². The van der Waals surface area contributed by atoms with Gasteiger partial charge < -0.3 is 19.1 Å². The van der Waals surface area contributed by atoms with E-state index in [-0.39, 0.29) is 23.8 Å². The molecule has 1 aliphatic heterocycles. The molecule has 1 saturated heterocycles. The quantitative estimate of drug-likeness (QED) is 0.453.